The van der Waals surface area contributed by atoms with E-state index in [-0.39, 0.29) is 31.0 Å². The fraction of sp³-hybridized carbons (Fsp3) is 0.500. The second kappa shape index (κ2) is 7.36. The van der Waals surface area contributed by atoms with Gasteiger partial charge in [0.05, 0.1) is 11.5 Å². The molecule has 2 aromatic heterocycles. The average Bonchev–Trinajstić information content (AvgIpc) is 3.00. The highest BCUT2D eigenvalue weighted by Crippen LogP contribution is 2.21. The van der Waals surface area contributed by atoms with Gasteiger partial charge in [0.25, 0.3) is 6.43 Å². The van der Waals surface area contributed by atoms with E-state index in [1.807, 2.05) is 0 Å². The third kappa shape index (κ3) is 4.17. The first-order chi connectivity index (χ1) is 11.7. The van der Waals surface area contributed by atoms with Crippen LogP contribution in [0.3, 0.4) is 0 Å². The van der Waals surface area contributed by atoms with Gasteiger partial charge < -0.3 is 5.32 Å². The molecule has 0 unspecified atom stereocenters. The molecule has 0 fully saturated rings. The Hall–Kier alpha value is -2.85. The van der Waals surface area contributed by atoms with Gasteiger partial charge in [-0.1, -0.05) is 0 Å². The summed E-state index contributed by atoms with van der Waals surface area (Å²) in [6, 6.07) is 1.23. The molecule has 25 heavy (non-hydrogen) atoms. The molecule has 0 aromatic carbocycles. The van der Waals surface area contributed by atoms with E-state index in [2.05, 4.69) is 15.5 Å². The lowest BCUT2D eigenvalue weighted by molar-refractivity contribution is -0.386. The number of hydrogen-bond acceptors (Lipinski definition) is 5. The fourth-order valence-corrected chi connectivity index (χ4v) is 2.46. The summed E-state index contributed by atoms with van der Waals surface area (Å²) >= 11 is 0. The molecule has 0 aliphatic rings. The third-order valence-electron chi connectivity index (χ3n) is 3.69. The number of hydrogen-bond donors (Lipinski definition) is 1. The Morgan fingerprint density at radius 1 is 1.32 bits per heavy atom. The number of halogens is 2. The van der Waals surface area contributed by atoms with Gasteiger partial charge in [0, 0.05) is 12.2 Å². The molecule has 0 bridgehead atoms. The molecule has 1 amide bonds. The lowest BCUT2D eigenvalue weighted by atomic mass is 10.3. The first-order valence-electron chi connectivity index (χ1n) is 7.48. The second-order valence-corrected chi connectivity index (χ2v) is 5.52. The van der Waals surface area contributed by atoms with Crippen molar-refractivity contribution in [2.45, 2.75) is 40.3 Å². The topological polar surface area (TPSA) is 108 Å². The number of amides is 1. The summed E-state index contributed by atoms with van der Waals surface area (Å²) in [6.45, 7) is 4.98. The van der Waals surface area contributed by atoms with E-state index in [0.717, 1.165) is 0 Å². The maximum atomic E-state index is 12.6. The molecular formula is C14H18F2N6O3. The normalized spacial score (nSPS) is 11.1. The van der Waals surface area contributed by atoms with Crippen molar-refractivity contribution in [3.05, 3.63) is 39.0 Å². The zero-order chi connectivity index (χ0) is 18.7. The van der Waals surface area contributed by atoms with Crippen molar-refractivity contribution in [1.82, 2.24) is 24.9 Å². The average molecular weight is 356 g/mol. The van der Waals surface area contributed by atoms with Gasteiger partial charge in [0.2, 0.25) is 5.91 Å². The molecule has 0 saturated heterocycles. The Labute approximate surface area is 141 Å². The van der Waals surface area contributed by atoms with Crippen molar-refractivity contribution in [3.63, 3.8) is 0 Å². The molecular weight excluding hydrogens is 338 g/mol. The van der Waals surface area contributed by atoms with Gasteiger partial charge in [0.1, 0.15) is 23.6 Å². The van der Waals surface area contributed by atoms with Crippen LogP contribution in [0.25, 0.3) is 0 Å². The number of aryl methyl sites for hydroxylation is 2. The van der Waals surface area contributed by atoms with Crippen LogP contribution in [0.1, 0.15) is 29.2 Å². The molecule has 0 aliphatic heterocycles. The van der Waals surface area contributed by atoms with Crippen LogP contribution in [0.5, 0.6) is 0 Å². The fourth-order valence-electron chi connectivity index (χ4n) is 2.46. The van der Waals surface area contributed by atoms with Gasteiger partial charge in [-0.05, 0) is 26.8 Å². The maximum Gasteiger partial charge on any atom is 0.312 e. The summed E-state index contributed by atoms with van der Waals surface area (Å²) in [6.07, 6.45) is -2.69. The van der Waals surface area contributed by atoms with Gasteiger partial charge in [-0.3, -0.25) is 24.3 Å². The quantitative estimate of drug-likeness (QED) is 0.600. The molecule has 0 spiro atoms. The monoisotopic (exact) mass is 356 g/mol. The van der Waals surface area contributed by atoms with Gasteiger partial charge in [0.15, 0.2) is 0 Å². The number of aromatic nitrogens is 4. The summed E-state index contributed by atoms with van der Waals surface area (Å²) in [5.74, 6) is -0.400. The predicted octanol–water partition coefficient (Wildman–Crippen LogP) is 1.67. The molecule has 1 N–H and O–H groups in total. The number of nitrogens with zero attached hydrogens (tertiary/aromatic N) is 5. The minimum absolute atomic E-state index is 0.0435. The van der Waals surface area contributed by atoms with Gasteiger partial charge in [-0.15, -0.1) is 0 Å². The number of nitro groups is 1. The first kappa shape index (κ1) is 18.5. The zero-order valence-corrected chi connectivity index (χ0v) is 14.0. The smallest absolute Gasteiger partial charge is 0.312 e. The van der Waals surface area contributed by atoms with Crippen molar-refractivity contribution in [1.29, 1.82) is 0 Å². The Kier molecular flexibility index (Phi) is 5.45. The molecule has 0 atom stereocenters. The van der Waals surface area contributed by atoms with Gasteiger partial charge in [-0.2, -0.15) is 10.2 Å². The van der Waals surface area contributed by atoms with Crippen molar-refractivity contribution in [3.8, 4) is 0 Å². The van der Waals surface area contributed by atoms with Crippen LogP contribution in [0.4, 0.5) is 14.5 Å². The van der Waals surface area contributed by atoms with Crippen LogP contribution in [-0.2, 0) is 17.9 Å². The van der Waals surface area contributed by atoms with Crippen molar-refractivity contribution in [2.24, 2.45) is 0 Å². The molecule has 0 radical (unpaired) electrons. The van der Waals surface area contributed by atoms with Crippen LogP contribution in [0.15, 0.2) is 6.07 Å². The molecule has 9 nitrogen and oxygen atoms in total. The lowest BCUT2D eigenvalue weighted by Crippen LogP contribution is -2.31. The first-order valence-corrected chi connectivity index (χ1v) is 7.48. The zero-order valence-electron chi connectivity index (χ0n) is 14.0. The van der Waals surface area contributed by atoms with Crippen LogP contribution < -0.4 is 5.32 Å². The van der Waals surface area contributed by atoms with Gasteiger partial charge in [-0.25, -0.2) is 8.78 Å². The van der Waals surface area contributed by atoms with E-state index in [1.54, 1.807) is 20.8 Å². The van der Waals surface area contributed by atoms with Crippen molar-refractivity contribution in [2.75, 3.05) is 6.54 Å². The van der Waals surface area contributed by atoms with E-state index in [4.69, 9.17) is 0 Å². The molecule has 0 saturated carbocycles. The predicted molar refractivity (Wildman–Crippen MR) is 83.3 cm³/mol. The summed E-state index contributed by atoms with van der Waals surface area (Å²) in [7, 11) is 0. The van der Waals surface area contributed by atoms with E-state index in [1.165, 1.54) is 15.4 Å². The van der Waals surface area contributed by atoms with Gasteiger partial charge >= 0.3 is 5.69 Å². The SMILES string of the molecule is Cc1nn(CCNC(=O)Cn2nc(C(F)F)cc2C)c(C)c1[N+](=O)[O-]. The van der Waals surface area contributed by atoms with E-state index in [0.29, 0.717) is 17.1 Å². The molecule has 0 aliphatic carbocycles. The number of carbonyl (C=O) groups excluding carboxylic acids is 1. The number of carbonyl (C=O) groups is 1. The van der Waals surface area contributed by atoms with Crippen LogP contribution in [0, 0.1) is 30.9 Å². The highest BCUT2D eigenvalue weighted by Gasteiger charge is 2.21. The van der Waals surface area contributed by atoms with Crippen molar-refractivity contribution < 1.29 is 18.5 Å². The van der Waals surface area contributed by atoms with Crippen LogP contribution in [0.2, 0.25) is 0 Å². The molecule has 2 aromatic rings. The number of nitrogens with one attached hydrogen (secondary N) is 1. The number of alkyl halides is 2. The Morgan fingerprint density at radius 2 is 2.00 bits per heavy atom. The standard InChI is InChI=1S/C14H18F2N6O3/c1-8-6-11(14(15)16)19-21(8)7-12(23)17-4-5-20-10(3)13(22(24)25)9(2)18-20/h6,14H,4-5,7H2,1-3H3,(H,17,23). The van der Waals surface area contributed by atoms with E-state index >= 15 is 0 Å². The number of rotatable bonds is 7. The highest BCUT2D eigenvalue weighted by atomic mass is 19.3. The van der Waals surface area contributed by atoms with E-state index < -0.39 is 17.3 Å². The highest BCUT2D eigenvalue weighted by molar-refractivity contribution is 5.75. The summed E-state index contributed by atoms with van der Waals surface area (Å²) in [5, 5.41) is 21.3. The molecule has 2 rings (SSSR count). The minimum atomic E-state index is -2.69. The van der Waals surface area contributed by atoms with Crippen LogP contribution >= 0.6 is 0 Å². The van der Waals surface area contributed by atoms with E-state index in [9.17, 15) is 23.7 Å². The Balaban J connectivity index is 1.91. The molecule has 136 valence electrons. The maximum absolute atomic E-state index is 12.6. The third-order valence-corrected chi connectivity index (χ3v) is 3.69. The Morgan fingerprint density at radius 3 is 2.52 bits per heavy atom. The lowest BCUT2D eigenvalue weighted by Gasteiger charge is -2.08. The van der Waals surface area contributed by atoms with Crippen molar-refractivity contribution >= 4 is 11.6 Å². The summed E-state index contributed by atoms with van der Waals surface area (Å²) in [5.41, 5.74) is 0.750. The van der Waals surface area contributed by atoms with Crippen LogP contribution in [-0.4, -0.2) is 36.9 Å². The second-order valence-electron chi connectivity index (χ2n) is 5.52. The molecule has 11 heteroatoms. The molecule has 2 heterocycles. The summed E-state index contributed by atoms with van der Waals surface area (Å²) < 4.78 is 27.8. The Bertz CT molecular complexity index is 799. The minimum Gasteiger partial charge on any atom is -0.353 e. The summed E-state index contributed by atoms with van der Waals surface area (Å²) in [4.78, 5) is 22.4. The largest absolute Gasteiger partial charge is 0.353 e.